The number of thiazole rings is 1. The van der Waals surface area contributed by atoms with Crippen molar-refractivity contribution in [1.29, 1.82) is 0 Å². The second-order valence-corrected chi connectivity index (χ2v) is 7.47. The van der Waals surface area contributed by atoms with Gasteiger partial charge in [0.15, 0.2) is 4.80 Å². The minimum atomic E-state index is -0.397. The van der Waals surface area contributed by atoms with Crippen molar-refractivity contribution < 1.29 is 14.3 Å². The third kappa shape index (κ3) is 3.80. The topological polar surface area (TPSA) is 69.9 Å². The molecule has 0 fully saturated rings. The maximum atomic E-state index is 13.0. The molecule has 0 unspecified atom stereocenters. The normalized spacial score (nSPS) is 16.6. The summed E-state index contributed by atoms with van der Waals surface area (Å²) < 4.78 is 12.5. The van der Waals surface area contributed by atoms with E-state index in [0.717, 1.165) is 24.2 Å². The van der Waals surface area contributed by atoms with Crippen molar-refractivity contribution >= 4 is 29.1 Å². The number of rotatable bonds is 6. The molecule has 0 aliphatic carbocycles. The molecule has 1 aliphatic rings. The molecule has 0 spiro atoms. The van der Waals surface area contributed by atoms with E-state index in [0.29, 0.717) is 20.6 Å². The first-order valence-electron chi connectivity index (χ1n) is 9.33. The van der Waals surface area contributed by atoms with Gasteiger partial charge in [-0.3, -0.25) is 9.36 Å². The number of ether oxygens (including phenoxy) is 2. The fraction of sp³-hybridized carbons (Fsp3) is 0.381. The molecule has 1 aromatic heterocycles. The molecule has 0 N–H and O–H groups in total. The highest BCUT2D eigenvalue weighted by Gasteiger charge is 2.29. The van der Waals surface area contributed by atoms with Gasteiger partial charge in [0.25, 0.3) is 5.56 Å². The van der Waals surface area contributed by atoms with Crippen LogP contribution in [0.1, 0.15) is 39.2 Å². The molecule has 0 saturated heterocycles. The van der Waals surface area contributed by atoms with Crippen LogP contribution in [0.5, 0.6) is 5.75 Å². The molecule has 6 nitrogen and oxygen atoms in total. The maximum absolute atomic E-state index is 13.0. The van der Waals surface area contributed by atoms with Gasteiger partial charge >= 0.3 is 5.97 Å². The minimum absolute atomic E-state index is 0.172. The highest BCUT2D eigenvalue weighted by atomic mass is 32.1. The van der Waals surface area contributed by atoms with Gasteiger partial charge in [-0.25, -0.2) is 9.79 Å². The molecule has 1 aromatic carbocycles. The predicted octanol–water partition coefficient (Wildman–Crippen LogP) is 2.34. The van der Waals surface area contributed by atoms with Gasteiger partial charge in [0.2, 0.25) is 0 Å². The Balaban J connectivity index is 2.15. The van der Waals surface area contributed by atoms with E-state index in [1.807, 2.05) is 37.3 Å². The predicted molar refractivity (Wildman–Crippen MR) is 110 cm³/mol. The van der Waals surface area contributed by atoms with E-state index in [-0.39, 0.29) is 18.2 Å². The van der Waals surface area contributed by atoms with Crippen LogP contribution in [0.4, 0.5) is 0 Å². The van der Waals surface area contributed by atoms with Crippen molar-refractivity contribution in [3.05, 3.63) is 55.1 Å². The van der Waals surface area contributed by atoms with Gasteiger partial charge in [-0.15, -0.1) is 0 Å². The first kappa shape index (κ1) is 20.1. The van der Waals surface area contributed by atoms with E-state index >= 15 is 0 Å². The number of nitrogens with zero attached hydrogens (tertiary/aromatic N) is 2. The molecule has 148 valence electrons. The van der Waals surface area contributed by atoms with Crippen molar-refractivity contribution in [2.24, 2.45) is 4.99 Å². The summed E-state index contributed by atoms with van der Waals surface area (Å²) in [5.74, 6) is 0.362. The second kappa shape index (κ2) is 8.56. The van der Waals surface area contributed by atoms with Gasteiger partial charge in [0.05, 0.1) is 29.9 Å². The van der Waals surface area contributed by atoms with Crippen LogP contribution >= 0.6 is 11.3 Å². The number of aromatic nitrogens is 1. The van der Waals surface area contributed by atoms with Gasteiger partial charge < -0.3 is 9.47 Å². The molecule has 0 amide bonds. The van der Waals surface area contributed by atoms with E-state index in [1.165, 1.54) is 15.9 Å². The van der Waals surface area contributed by atoms with Gasteiger partial charge in [-0.2, -0.15) is 0 Å². The summed E-state index contributed by atoms with van der Waals surface area (Å²) in [4.78, 5) is 30.8. The van der Waals surface area contributed by atoms with Crippen LogP contribution in [0.3, 0.4) is 0 Å². The van der Waals surface area contributed by atoms with E-state index in [1.54, 1.807) is 21.0 Å². The van der Waals surface area contributed by atoms with E-state index in [9.17, 15) is 9.59 Å². The van der Waals surface area contributed by atoms with Crippen LogP contribution in [-0.4, -0.2) is 30.3 Å². The van der Waals surface area contributed by atoms with Crippen molar-refractivity contribution in [3.63, 3.8) is 0 Å². The zero-order chi connectivity index (χ0) is 20.3. The van der Waals surface area contributed by atoms with E-state index in [4.69, 9.17) is 14.5 Å². The lowest BCUT2D eigenvalue weighted by Gasteiger charge is -2.21. The van der Waals surface area contributed by atoms with Gasteiger partial charge in [-0.05, 0) is 44.0 Å². The third-order valence-corrected chi connectivity index (χ3v) is 5.59. The largest absolute Gasteiger partial charge is 0.497 e. The average molecular weight is 401 g/mol. The Labute approximate surface area is 167 Å². The average Bonchev–Trinajstić information content (AvgIpc) is 2.98. The van der Waals surface area contributed by atoms with Crippen LogP contribution in [0.2, 0.25) is 0 Å². The monoisotopic (exact) mass is 400 g/mol. The lowest BCUT2D eigenvalue weighted by Crippen LogP contribution is -2.37. The van der Waals surface area contributed by atoms with Gasteiger partial charge in [-0.1, -0.05) is 36.8 Å². The van der Waals surface area contributed by atoms with E-state index in [2.05, 4.69) is 0 Å². The van der Waals surface area contributed by atoms with Crippen molar-refractivity contribution in [2.75, 3.05) is 13.7 Å². The number of esters is 1. The lowest BCUT2D eigenvalue weighted by atomic mass is 10.00. The summed E-state index contributed by atoms with van der Waals surface area (Å²) in [5.41, 5.74) is 1.81. The zero-order valence-electron chi connectivity index (χ0n) is 16.5. The molecule has 2 aromatic rings. The summed E-state index contributed by atoms with van der Waals surface area (Å²) in [6.45, 7) is 5.90. The number of allylic oxidation sites excluding steroid dienone is 1. The Bertz CT molecular complexity index is 1080. The first-order valence-corrected chi connectivity index (χ1v) is 10.2. The first-order chi connectivity index (χ1) is 13.5. The van der Waals surface area contributed by atoms with Gasteiger partial charge in [0.1, 0.15) is 5.75 Å². The van der Waals surface area contributed by atoms with Crippen LogP contribution in [0.25, 0.3) is 11.8 Å². The summed E-state index contributed by atoms with van der Waals surface area (Å²) in [6.07, 6.45) is 3.44. The van der Waals surface area contributed by atoms with Crippen molar-refractivity contribution in [2.45, 2.75) is 39.7 Å². The smallest absolute Gasteiger partial charge is 0.337 e. The SMILES string of the molecule is CCC[C@H]1N=c2s/c(=C\c3ccc(OC)cc3)c(=O)n2C(C)=C1C(=O)OCC. The molecule has 2 heterocycles. The molecule has 0 saturated carbocycles. The molecule has 1 aliphatic heterocycles. The Kier molecular flexibility index (Phi) is 6.14. The molecule has 28 heavy (non-hydrogen) atoms. The molecule has 3 rings (SSSR count). The summed E-state index contributed by atoms with van der Waals surface area (Å²) in [6, 6.07) is 7.21. The fourth-order valence-electron chi connectivity index (χ4n) is 3.24. The molecule has 0 bridgehead atoms. The third-order valence-electron chi connectivity index (χ3n) is 4.60. The van der Waals surface area contributed by atoms with Crippen LogP contribution in [0.15, 0.2) is 39.6 Å². The standard InChI is InChI=1S/C21H24N2O4S/c1-5-7-16-18(20(25)27-6-2)13(3)23-19(24)17(28-21(23)22-16)12-14-8-10-15(26-4)11-9-14/h8-12,16H,5-7H2,1-4H3/b17-12-/t16-/m1/s1. The number of hydrogen-bond donors (Lipinski definition) is 0. The quantitative estimate of drug-likeness (QED) is 0.698. The minimum Gasteiger partial charge on any atom is -0.497 e. The maximum Gasteiger partial charge on any atom is 0.337 e. The van der Waals surface area contributed by atoms with E-state index < -0.39 is 5.97 Å². The number of carbonyl (C=O) groups is 1. The molecular weight excluding hydrogens is 376 g/mol. The highest BCUT2D eigenvalue weighted by Crippen LogP contribution is 2.23. The lowest BCUT2D eigenvalue weighted by molar-refractivity contribution is -0.138. The summed E-state index contributed by atoms with van der Waals surface area (Å²) in [5, 5.41) is 0. The Hall–Kier alpha value is -2.67. The number of hydrogen-bond acceptors (Lipinski definition) is 6. The Morgan fingerprint density at radius 2 is 2.00 bits per heavy atom. The van der Waals surface area contributed by atoms with Crippen LogP contribution in [0, 0.1) is 0 Å². The second-order valence-electron chi connectivity index (χ2n) is 6.46. The molecule has 1 atom stereocenters. The Morgan fingerprint density at radius 3 is 2.61 bits per heavy atom. The molecule has 0 radical (unpaired) electrons. The van der Waals surface area contributed by atoms with Crippen LogP contribution in [-0.2, 0) is 9.53 Å². The summed E-state index contributed by atoms with van der Waals surface area (Å²) in [7, 11) is 1.61. The zero-order valence-corrected chi connectivity index (χ0v) is 17.3. The number of methoxy groups -OCH3 is 1. The number of fused-ring (bicyclic) bond motifs is 1. The molecule has 7 heteroatoms. The van der Waals surface area contributed by atoms with Crippen molar-refractivity contribution in [1.82, 2.24) is 4.57 Å². The highest BCUT2D eigenvalue weighted by molar-refractivity contribution is 7.07. The Morgan fingerprint density at radius 1 is 1.29 bits per heavy atom. The number of benzene rings is 1. The fourth-order valence-corrected chi connectivity index (χ4v) is 4.30. The van der Waals surface area contributed by atoms with Crippen LogP contribution < -0.4 is 19.6 Å². The molecular formula is C21H24N2O4S. The van der Waals surface area contributed by atoms with Crippen molar-refractivity contribution in [3.8, 4) is 5.75 Å². The summed E-state index contributed by atoms with van der Waals surface area (Å²) >= 11 is 1.34. The van der Waals surface area contributed by atoms with Gasteiger partial charge in [0, 0.05) is 5.70 Å². The number of carbonyl (C=O) groups excluding carboxylic acids is 1.